The molecule has 1 fully saturated rings. The van der Waals surface area contributed by atoms with Gasteiger partial charge in [0.1, 0.15) is 0 Å². The predicted molar refractivity (Wildman–Crippen MR) is 80.0 cm³/mol. The van der Waals surface area contributed by atoms with Crippen molar-refractivity contribution in [3.63, 3.8) is 0 Å². The van der Waals surface area contributed by atoms with Gasteiger partial charge in [-0.1, -0.05) is 27.7 Å². The first-order valence-corrected chi connectivity index (χ1v) is 7.56. The van der Waals surface area contributed by atoms with Crippen LogP contribution in [0.15, 0.2) is 0 Å². The van der Waals surface area contributed by atoms with Crippen molar-refractivity contribution in [2.45, 2.75) is 46.7 Å². The van der Waals surface area contributed by atoms with Gasteiger partial charge in [0.05, 0.1) is 0 Å². The maximum Gasteiger partial charge on any atom is 0.0247 e. The monoisotopic (exact) mass is 255 g/mol. The molecular formula is C15H33N3. The van der Waals surface area contributed by atoms with Gasteiger partial charge in [0.15, 0.2) is 0 Å². The number of likely N-dealkylation sites (N-methyl/N-ethyl adjacent to an activating group) is 1. The summed E-state index contributed by atoms with van der Waals surface area (Å²) in [6, 6.07) is 1.35. The van der Waals surface area contributed by atoms with Crippen molar-refractivity contribution in [2.75, 3.05) is 39.8 Å². The molecule has 18 heavy (non-hydrogen) atoms. The molecule has 0 radical (unpaired) electrons. The molecule has 0 saturated carbocycles. The number of hydrogen-bond donors (Lipinski definition) is 1. The first kappa shape index (κ1) is 15.9. The summed E-state index contributed by atoms with van der Waals surface area (Å²) in [7, 11) is 2.23. The van der Waals surface area contributed by atoms with E-state index in [-0.39, 0.29) is 0 Å². The highest BCUT2D eigenvalue weighted by molar-refractivity contribution is 4.86. The molecule has 1 N–H and O–H groups in total. The van der Waals surface area contributed by atoms with Crippen LogP contribution in [0.4, 0.5) is 0 Å². The Kier molecular flexibility index (Phi) is 6.61. The Bertz CT molecular complexity index is 228. The Morgan fingerprint density at radius 3 is 2.28 bits per heavy atom. The highest BCUT2D eigenvalue weighted by atomic mass is 15.3. The summed E-state index contributed by atoms with van der Waals surface area (Å²) >= 11 is 0. The molecule has 0 aromatic carbocycles. The number of hydrogen-bond acceptors (Lipinski definition) is 3. The quantitative estimate of drug-likeness (QED) is 0.782. The third kappa shape index (κ3) is 4.87. The molecule has 108 valence electrons. The van der Waals surface area contributed by atoms with Gasteiger partial charge in [-0.05, 0) is 32.4 Å². The fraction of sp³-hybridized carbons (Fsp3) is 1.00. The van der Waals surface area contributed by atoms with Crippen LogP contribution in [-0.2, 0) is 0 Å². The topological polar surface area (TPSA) is 18.5 Å². The van der Waals surface area contributed by atoms with Crippen LogP contribution >= 0.6 is 0 Å². The minimum atomic E-state index is 0.674. The summed E-state index contributed by atoms with van der Waals surface area (Å²) in [6.07, 6.45) is 0. The molecule has 1 aliphatic heterocycles. The van der Waals surface area contributed by atoms with Crippen LogP contribution in [0.5, 0.6) is 0 Å². The summed E-state index contributed by atoms with van der Waals surface area (Å²) in [6.45, 7) is 17.5. The van der Waals surface area contributed by atoms with E-state index >= 15 is 0 Å². The molecule has 2 unspecified atom stereocenters. The van der Waals surface area contributed by atoms with Crippen molar-refractivity contribution in [2.24, 2.45) is 11.8 Å². The lowest BCUT2D eigenvalue weighted by atomic mass is 9.99. The van der Waals surface area contributed by atoms with Crippen molar-refractivity contribution >= 4 is 0 Å². The van der Waals surface area contributed by atoms with E-state index in [0.29, 0.717) is 12.1 Å². The van der Waals surface area contributed by atoms with Crippen LogP contribution in [-0.4, -0.2) is 61.7 Å². The summed E-state index contributed by atoms with van der Waals surface area (Å²) in [5.74, 6) is 1.46. The van der Waals surface area contributed by atoms with Gasteiger partial charge in [-0.25, -0.2) is 0 Å². The maximum atomic E-state index is 3.64. The Balaban J connectivity index is 2.50. The van der Waals surface area contributed by atoms with Gasteiger partial charge in [-0.2, -0.15) is 0 Å². The lowest BCUT2D eigenvalue weighted by Crippen LogP contribution is -2.58. The van der Waals surface area contributed by atoms with Gasteiger partial charge in [-0.3, -0.25) is 4.90 Å². The third-order valence-corrected chi connectivity index (χ3v) is 3.98. The number of piperazine rings is 1. The minimum Gasteiger partial charge on any atom is -0.315 e. The zero-order valence-electron chi connectivity index (χ0n) is 13.2. The van der Waals surface area contributed by atoms with Crippen molar-refractivity contribution in [3.05, 3.63) is 0 Å². The van der Waals surface area contributed by atoms with E-state index < -0.39 is 0 Å². The lowest BCUT2D eigenvalue weighted by molar-refractivity contribution is 0.0422. The average molecular weight is 255 g/mol. The van der Waals surface area contributed by atoms with Crippen LogP contribution in [0.2, 0.25) is 0 Å². The summed E-state index contributed by atoms with van der Waals surface area (Å²) in [5.41, 5.74) is 0. The number of nitrogens with one attached hydrogen (secondary N) is 1. The normalized spacial score (nSPS) is 25.0. The minimum absolute atomic E-state index is 0.674. The van der Waals surface area contributed by atoms with Crippen molar-refractivity contribution in [1.82, 2.24) is 15.1 Å². The van der Waals surface area contributed by atoms with E-state index in [1.54, 1.807) is 0 Å². The molecule has 1 rings (SSSR count). The lowest BCUT2D eigenvalue weighted by Gasteiger charge is -2.44. The molecule has 0 aliphatic carbocycles. The van der Waals surface area contributed by atoms with Crippen LogP contribution in [0.25, 0.3) is 0 Å². The van der Waals surface area contributed by atoms with Gasteiger partial charge in [0.25, 0.3) is 0 Å². The van der Waals surface area contributed by atoms with Crippen molar-refractivity contribution in [1.29, 1.82) is 0 Å². The molecule has 1 heterocycles. The SMILES string of the molecule is CC(C)CNCC(C(C)C)N1CCN(C)CC1C. The predicted octanol–water partition coefficient (Wildman–Crippen LogP) is 1.89. The fourth-order valence-electron chi connectivity index (χ4n) is 2.90. The first-order valence-electron chi connectivity index (χ1n) is 7.56. The van der Waals surface area contributed by atoms with E-state index in [1.807, 2.05) is 0 Å². The highest BCUT2D eigenvalue weighted by Crippen LogP contribution is 2.17. The molecule has 0 bridgehead atoms. The van der Waals surface area contributed by atoms with E-state index in [4.69, 9.17) is 0 Å². The smallest absolute Gasteiger partial charge is 0.0247 e. The zero-order valence-corrected chi connectivity index (χ0v) is 13.2. The molecular weight excluding hydrogens is 222 g/mol. The second kappa shape index (κ2) is 7.46. The van der Waals surface area contributed by atoms with E-state index in [9.17, 15) is 0 Å². The average Bonchev–Trinajstić information content (AvgIpc) is 2.25. The number of rotatable bonds is 6. The summed E-state index contributed by atoms with van der Waals surface area (Å²) < 4.78 is 0. The maximum absolute atomic E-state index is 3.64. The zero-order chi connectivity index (χ0) is 13.7. The summed E-state index contributed by atoms with van der Waals surface area (Å²) in [4.78, 5) is 5.15. The second-order valence-electron chi connectivity index (χ2n) is 6.71. The van der Waals surface area contributed by atoms with E-state index in [1.165, 1.54) is 19.6 Å². The van der Waals surface area contributed by atoms with Crippen molar-refractivity contribution in [3.8, 4) is 0 Å². The van der Waals surface area contributed by atoms with Crippen LogP contribution in [0.3, 0.4) is 0 Å². The number of nitrogens with zero attached hydrogens (tertiary/aromatic N) is 2. The van der Waals surface area contributed by atoms with Crippen LogP contribution < -0.4 is 5.32 Å². The standard InChI is InChI=1S/C15H33N3/c1-12(2)9-16-10-15(13(3)4)18-8-7-17(6)11-14(18)5/h12-16H,7-11H2,1-6H3. The van der Waals surface area contributed by atoms with Gasteiger partial charge in [-0.15, -0.1) is 0 Å². The Hall–Kier alpha value is -0.120. The molecule has 0 amide bonds. The van der Waals surface area contributed by atoms with Crippen molar-refractivity contribution < 1.29 is 0 Å². The fourth-order valence-corrected chi connectivity index (χ4v) is 2.90. The Morgan fingerprint density at radius 1 is 1.11 bits per heavy atom. The summed E-state index contributed by atoms with van der Waals surface area (Å²) in [5, 5.41) is 3.64. The highest BCUT2D eigenvalue weighted by Gasteiger charge is 2.29. The molecule has 0 spiro atoms. The molecule has 1 aliphatic rings. The molecule has 0 aromatic heterocycles. The molecule has 1 saturated heterocycles. The van der Waals surface area contributed by atoms with Crippen LogP contribution in [0, 0.1) is 11.8 Å². The molecule has 0 aromatic rings. The Morgan fingerprint density at radius 2 is 1.78 bits per heavy atom. The van der Waals surface area contributed by atoms with E-state index in [2.05, 4.69) is 56.8 Å². The molecule has 3 heteroatoms. The van der Waals surface area contributed by atoms with Gasteiger partial charge in [0.2, 0.25) is 0 Å². The third-order valence-electron chi connectivity index (χ3n) is 3.98. The second-order valence-corrected chi connectivity index (χ2v) is 6.71. The van der Waals surface area contributed by atoms with E-state index in [0.717, 1.165) is 24.9 Å². The molecule has 3 nitrogen and oxygen atoms in total. The van der Waals surface area contributed by atoms with Gasteiger partial charge >= 0.3 is 0 Å². The first-order chi connectivity index (χ1) is 8.41. The van der Waals surface area contributed by atoms with Gasteiger partial charge < -0.3 is 10.2 Å². The largest absolute Gasteiger partial charge is 0.315 e. The van der Waals surface area contributed by atoms with Gasteiger partial charge in [0, 0.05) is 38.3 Å². The van der Waals surface area contributed by atoms with Crippen LogP contribution in [0.1, 0.15) is 34.6 Å². The Labute approximate surface area is 114 Å². The molecule has 2 atom stereocenters.